The van der Waals surface area contributed by atoms with Crippen LogP contribution in [-0.2, 0) is 0 Å². The number of ether oxygens (including phenoxy) is 2. The molecule has 6 nitrogen and oxygen atoms in total. The average molecular weight is 584 g/mol. The Kier molecular flexibility index (Phi) is 20.9. The minimum Gasteiger partial charge on any atom is -0.478 e. The third kappa shape index (κ3) is 18.3. The van der Waals surface area contributed by atoms with E-state index in [1.807, 2.05) is 21.6 Å². The number of hydrogen-bond acceptors (Lipinski definition) is 8. The lowest BCUT2D eigenvalue weighted by atomic mass is 10.2. The molecule has 0 aliphatic heterocycles. The Morgan fingerprint density at radius 2 is 1.09 bits per heavy atom. The SMILES string of the molecule is Cl.Clc1ccc(OCCCCCNCCSSCCNCCCCCOc2ccc(Cl)cn2)nc1. The zero-order valence-corrected chi connectivity index (χ0v) is 24.0. The van der Waals surface area contributed by atoms with Gasteiger partial charge in [0.15, 0.2) is 0 Å². The number of unbranched alkanes of at least 4 members (excludes halogenated alkanes) is 4. The molecule has 0 radical (unpaired) electrons. The largest absolute Gasteiger partial charge is 0.478 e. The van der Waals surface area contributed by atoms with Crippen LogP contribution in [0.4, 0.5) is 0 Å². The van der Waals surface area contributed by atoms with Gasteiger partial charge in [0, 0.05) is 49.1 Å². The Bertz CT molecular complexity index is 683. The van der Waals surface area contributed by atoms with E-state index in [-0.39, 0.29) is 12.4 Å². The van der Waals surface area contributed by atoms with Crippen molar-refractivity contribution in [1.29, 1.82) is 0 Å². The molecular weight excluding hydrogens is 547 g/mol. The number of hydrogen-bond donors (Lipinski definition) is 2. The molecule has 0 spiro atoms. The van der Waals surface area contributed by atoms with Gasteiger partial charge in [0.05, 0.1) is 23.3 Å². The van der Waals surface area contributed by atoms with Crippen LogP contribution < -0.4 is 20.1 Å². The summed E-state index contributed by atoms with van der Waals surface area (Å²) >= 11 is 11.6. The molecule has 0 aromatic carbocycles. The van der Waals surface area contributed by atoms with Gasteiger partial charge in [-0.25, -0.2) is 9.97 Å². The first-order chi connectivity index (χ1) is 16.7. The molecule has 0 bridgehead atoms. The van der Waals surface area contributed by atoms with Crippen LogP contribution in [0.25, 0.3) is 0 Å². The maximum atomic E-state index is 5.81. The highest BCUT2D eigenvalue weighted by molar-refractivity contribution is 8.76. The second-order valence-electron chi connectivity index (χ2n) is 7.59. The monoisotopic (exact) mass is 582 g/mol. The van der Waals surface area contributed by atoms with E-state index in [0.29, 0.717) is 35.0 Å². The van der Waals surface area contributed by atoms with Crippen LogP contribution in [0.15, 0.2) is 36.7 Å². The highest BCUT2D eigenvalue weighted by atomic mass is 35.5. The third-order valence-electron chi connectivity index (χ3n) is 4.70. The fourth-order valence-electron chi connectivity index (χ4n) is 2.90. The Morgan fingerprint density at radius 1 is 0.629 bits per heavy atom. The number of pyridine rings is 2. The van der Waals surface area contributed by atoms with E-state index >= 15 is 0 Å². The molecule has 2 aromatic rings. The lowest BCUT2D eigenvalue weighted by Crippen LogP contribution is -2.19. The number of halogens is 3. The van der Waals surface area contributed by atoms with E-state index in [1.54, 1.807) is 36.7 Å². The lowest BCUT2D eigenvalue weighted by molar-refractivity contribution is 0.293. The first kappa shape index (κ1) is 32.4. The zero-order chi connectivity index (χ0) is 24.1. The van der Waals surface area contributed by atoms with Crippen molar-refractivity contribution in [3.63, 3.8) is 0 Å². The number of rotatable bonds is 21. The molecule has 0 atom stereocenters. The van der Waals surface area contributed by atoms with Crippen molar-refractivity contribution in [2.45, 2.75) is 38.5 Å². The van der Waals surface area contributed by atoms with Crippen LogP contribution in [0.2, 0.25) is 10.0 Å². The van der Waals surface area contributed by atoms with E-state index in [4.69, 9.17) is 32.7 Å². The number of nitrogens with zero attached hydrogens (tertiary/aromatic N) is 2. The molecule has 0 aliphatic carbocycles. The Balaban J connectivity index is 0.00000612. The Morgan fingerprint density at radius 3 is 1.49 bits per heavy atom. The van der Waals surface area contributed by atoms with Gasteiger partial charge in [0.2, 0.25) is 11.8 Å². The highest BCUT2D eigenvalue weighted by Crippen LogP contribution is 2.19. The second-order valence-corrected chi connectivity index (χ2v) is 11.2. The maximum Gasteiger partial charge on any atom is 0.213 e. The number of aromatic nitrogens is 2. The quantitative estimate of drug-likeness (QED) is 0.126. The summed E-state index contributed by atoms with van der Waals surface area (Å²) < 4.78 is 11.2. The normalized spacial score (nSPS) is 10.7. The summed E-state index contributed by atoms with van der Waals surface area (Å²) in [6.07, 6.45) is 9.94. The molecule has 0 saturated carbocycles. The van der Waals surface area contributed by atoms with Crippen molar-refractivity contribution in [3.8, 4) is 11.8 Å². The van der Waals surface area contributed by atoms with Crippen LogP contribution >= 0.6 is 57.2 Å². The van der Waals surface area contributed by atoms with Gasteiger partial charge in [-0.05, 0) is 63.7 Å². The van der Waals surface area contributed by atoms with Crippen LogP contribution in [0, 0.1) is 0 Å². The number of nitrogens with one attached hydrogen (secondary N) is 2. The van der Waals surface area contributed by atoms with Gasteiger partial charge >= 0.3 is 0 Å². The minimum atomic E-state index is 0. The molecule has 2 aromatic heterocycles. The van der Waals surface area contributed by atoms with Crippen LogP contribution in [-0.4, -0.2) is 60.9 Å². The second kappa shape index (κ2) is 22.6. The first-order valence-corrected chi connectivity index (χ1v) is 15.1. The highest BCUT2D eigenvalue weighted by Gasteiger charge is 1.98. The maximum absolute atomic E-state index is 5.81. The van der Waals surface area contributed by atoms with Gasteiger partial charge in [-0.1, -0.05) is 44.8 Å². The molecule has 2 heterocycles. The predicted molar refractivity (Wildman–Crippen MR) is 155 cm³/mol. The summed E-state index contributed by atoms with van der Waals surface area (Å²) in [4.78, 5) is 8.24. The Hall–Kier alpha value is -0.610. The van der Waals surface area contributed by atoms with Crippen molar-refractivity contribution in [2.75, 3.05) is 50.9 Å². The van der Waals surface area contributed by atoms with E-state index in [0.717, 1.165) is 63.4 Å². The third-order valence-corrected chi connectivity index (χ3v) is 7.56. The van der Waals surface area contributed by atoms with Gasteiger partial charge in [-0.15, -0.1) is 12.4 Å². The molecule has 2 rings (SSSR count). The molecule has 11 heteroatoms. The summed E-state index contributed by atoms with van der Waals surface area (Å²) in [6, 6.07) is 7.19. The van der Waals surface area contributed by atoms with Crippen LogP contribution in [0.5, 0.6) is 11.8 Å². The predicted octanol–water partition coefficient (Wildman–Crippen LogP) is 6.56. The summed E-state index contributed by atoms with van der Waals surface area (Å²) in [6.45, 7) is 5.64. The summed E-state index contributed by atoms with van der Waals surface area (Å²) in [5.74, 6) is 3.56. The molecule has 0 amide bonds. The molecule has 0 unspecified atom stereocenters. The lowest BCUT2D eigenvalue weighted by Gasteiger charge is -2.07. The van der Waals surface area contributed by atoms with Crippen molar-refractivity contribution < 1.29 is 9.47 Å². The molecule has 0 fully saturated rings. The molecule has 2 N–H and O–H groups in total. The fraction of sp³-hybridized carbons (Fsp3) is 0.583. The molecule has 198 valence electrons. The topological polar surface area (TPSA) is 68.3 Å². The van der Waals surface area contributed by atoms with E-state index in [9.17, 15) is 0 Å². The molecular formula is C24H37Cl3N4O2S2. The Labute approximate surface area is 234 Å². The van der Waals surface area contributed by atoms with E-state index < -0.39 is 0 Å². The standard InChI is InChI=1S/C24H36Cl2N4O2S2.ClH/c25-21-7-9-23(29-19-21)31-15-5-1-3-11-27-13-17-33-34-18-14-28-12-4-2-6-16-32-24-10-8-22(26)20-30-24;/h7-10,19-20,27-28H,1-6,11-18H2;1H. The van der Waals surface area contributed by atoms with Gasteiger partial charge in [-0.2, -0.15) is 0 Å². The van der Waals surface area contributed by atoms with Gasteiger partial charge in [0.1, 0.15) is 0 Å². The van der Waals surface area contributed by atoms with Gasteiger partial charge in [0.25, 0.3) is 0 Å². The summed E-state index contributed by atoms with van der Waals surface area (Å²) in [5.41, 5.74) is 0. The van der Waals surface area contributed by atoms with Gasteiger partial charge < -0.3 is 20.1 Å². The first-order valence-electron chi connectivity index (χ1n) is 11.9. The molecule has 0 saturated heterocycles. The van der Waals surface area contributed by atoms with Crippen molar-refractivity contribution >= 4 is 57.2 Å². The molecule has 0 aliphatic rings. The van der Waals surface area contributed by atoms with Gasteiger partial charge in [-0.3, -0.25) is 0 Å². The fourth-order valence-corrected chi connectivity index (χ4v) is 5.02. The molecule has 35 heavy (non-hydrogen) atoms. The van der Waals surface area contributed by atoms with Crippen molar-refractivity contribution in [3.05, 3.63) is 46.7 Å². The summed E-state index contributed by atoms with van der Waals surface area (Å²) in [7, 11) is 3.89. The van der Waals surface area contributed by atoms with Crippen molar-refractivity contribution in [2.24, 2.45) is 0 Å². The zero-order valence-electron chi connectivity index (χ0n) is 20.1. The van der Waals surface area contributed by atoms with E-state index in [2.05, 4.69) is 20.6 Å². The average Bonchev–Trinajstić information content (AvgIpc) is 2.85. The van der Waals surface area contributed by atoms with E-state index in [1.165, 1.54) is 12.8 Å². The smallest absolute Gasteiger partial charge is 0.213 e. The minimum absolute atomic E-state index is 0. The van der Waals surface area contributed by atoms with Crippen molar-refractivity contribution in [1.82, 2.24) is 20.6 Å². The van der Waals surface area contributed by atoms with Crippen LogP contribution in [0.1, 0.15) is 38.5 Å². The summed E-state index contributed by atoms with van der Waals surface area (Å²) in [5, 5.41) is 8.28. The van der Waals surface area contributed by atoms with Crippen LogP contribution in [0.3, 0.4) is 0 Å².